The summed E-state index contributed by atoms with van der Waals surface area (Å²) in [5.41, 5.74) is -1.68. The van der Waals surface area contributed by atoms with E-state index in [2.05, 4.69) is 21.6 Å². The maximum Gasteiger partial charge on any atom is 0.413 e. The van der Waals surface area contributed by atoms with Crippen LogP contribution in [0, 0.1) is 16.7 Å². The van der Waals surface area contributed by atoms with Gasteiger partial charge in [0.2, 0.25) is 5.91 Å². The Labute approximate surface area is 170 Å². The molecule has 158 valence electrons. The number of hydrogen-bond acceptors (Lipinski definition) is 6. The van der Waals surface area contributed by atoms with Gasteiger partial charge in [-0.15, -0.1) is 0 Å². The van der Waals surface area contributed by atoms with Gasteiger partial charge in [0, 0.05) is 44.6 Å². The maximum atomic E-state index is 15.3. The Morgan fingerprint density at radius 1 is 1.48 bits per heavy atom. The molecule has 0 aromatic heterocycles. The molecule has 1 aliphatic carbocycles. The topological polar surface area (TPSA) is 97.7 Å². The number of nitrogens with zero attached hydrogens (tertiary/aromatic N) is 3. The summed E-state index contributed by atoms with van der Waals surface area (Å²) in [5, 5.41) is 15.3. The van der Waals surface area contributed by atoms with Crippen LogP contribution in [0.3, 0.4) is 0 Å². The average molecular weight is 405 g/mol. The lowest BCUT2D eigenvalue weighted by molar-refractivity contribution is -0.123. The van der Waals surface area contributed by atoms with E-state index in [9.17, 15) is 14.9 Å². The first kappa shape index (κ1) is 21.3. The quantitative estimate of drug-likeness (QED) is 0.722. The van der Waals surface area contributed by atoms with Crippen molar-refractivity contribution in [2.45, 2.75) is 45.5 Å². The molecule has 2 saturated heterocycles. The third kappa shape index (κ3) is 4.00. The van der Waals surface area contributed by atoms with Gasteiger partial charge in [0.15, 0.2) is 6.23 Å². The predicted octanol–water partition coefficient (Wildman–Crippen LogP) is 1.63. The van der Waals surface area contributed by atoms with Crippen molar-refractivity contribution in [3.63, 3.8) is 0 Å². The largest absolute Gasteiger partial charge is 0.423 e. The molecular weight excluding hydrogens is 377 g/mol. The molecule has 2 N–H and O–H groups in total. The molecule has 2 aliphatic heterocycles. The molecule has 0 saturated carbocycles. The number of piperazine rings is 1. The van der Waals surface area contributed by atoms with Crippen molar-refractivity contribution in [1.82, 2.24) is 20.4 Å². The second-order valence-electron chi connectivity index (χ2n) is 8.09. The number of rotatable bonds is 5. The van der Waals surface area contributed by atoms with Crippen molar-refractivity contribution in [2.75, 3.05) is 32.7 Å². The van der Waals surface area contributed by atoms with Gasteiger partial charge in [0.05, 0.1) is 18.0 Å². The Morgan fingerprint density at radius 3 is 2.76 bits per heavy atom. The van der Waals surface area contributed by atoms with Gasteiger partial charge >= 0.3 is 6.09 Å². The van der Waals surface area contributed by atoms with Crippen molar-refractivity contribution < 1.29 is 18.7 Å². The highest BCUT2D eigenvalue weighted by Crippen LogP contribution is 2.42. The van der Waals surface area contributed by atoms with Crippen molar-refractivity contribution >= 4 is 12.0 Å². The van der Waals surface area contributed by atoms with Crippen LogP contribution in [0.4, 0.5) is 9.18 Å². The zero-order valence-electron chi connectivity index (χ0n) is 17.1. The summed E-state index contributed by atoms with van der Waals surface area (Å²) >= 11 is 0. The molecule has 29 heavy (non-hydrogen) atoms. The number of ether oxygens (including phenoxy) is 1. The molecule has 0 spiro atoms. The lowest BCUT2D eigenvalue weighted by Crippen LogP contribution is -2.64. The molecule has 2 unspecified atom stereocenters. The van der Waals surface area contributed by atoms with Gasteiger partial charge in [-0.2, -0.15) is 5.26 Å². The number of hydrogen-bond donors (Lipinski definition) is 2. The highest BCUT2D eigenvalue weighted by molar-refractivity contribution is 5.77. The zero-order chi connectivity index (χ0) is 21.2. The number of allylic oxidation sites excluding steroid dienone is 2. The first-order valence-corrected chi connectivity index (χ1v) is 9.96. The fraction of sp³-hybridized carbons (Fsp3) is 0.650. The molecule has 2 atom stereocenters. The summed E-state index contributed by atoms with van der Waals surface area (Å²) in [6, 6.07) is 2.14. The van der Waals surface area contributed by atoms with Crippen LogP contribution in [0.25, 0.3) is 0 Å². The Kier molecular flexibility index (Phi) is 5.96. The van der Waals surface area contributed by atoms with E-state index in [0.717, 1.165) is 13.1 Å². The Balaban J connectivity index is 1.93. The standard InChI is InChI=1S/C20H28FN5O3/c1-4-16(27)24-17-12-26(18(28)29-17)20(25-9-7-23-8-10-25)6-5-14(15(21)11-20)19(2,3)13-22/h5-6,17,23H,4,7-12H2,1-3H3,(H,24,27). The van der Waals surface area contributed by atoms with Crippen LogP contribution in [0.2, 0.25) is 0 Å². The van der Waals surface area contributed by atoms with Crippen LogP contribution in [0.15, 0.2) is 23.6 Å². The SMILES string of the molecule is CCC(=O)NC1CN(C2(N3CCNCC3)C=CC(C(C)(C)C#N)=C(F)C2)C(=O)O1. The number of cyclic esters (lactones) is 1. The minimum atomic E-state index is -1.04. The van der Waals surface area contributed by atoms with Crippen molar-refractivity contribution in [1.29, 1.82) is 5.26 Å². The van der Waals surface area contributed by atoms with Gasteiger partial charge in [0.25, 0.3) is 0 Å². The van der Waals surface area contributed by atoms with E-state index in [4.69, 9.17) is 4.74 Å². The number of carbonyl (C=O) groups is 2. The number of halogens is 1. The smallest absolute Gasteiger partial charge is 0.413 e. The molecular formula is C20H28FN5O3. The highest BCUT2D eigenvalue weighted by Gasteiger charge is 2.51. The van der Waals surface area contributed by atoms with Gasteiger partial charge in [-0.25, -0.2) is 9.18 Å². The Bertz CT molecular complexity index is 781. The lowest BCUT2D eigenvalue weighted by Gasteiger charge is -2.49. The third-order valence-corrected chi connectivity index (χ3v) is 5.76. The Hall–Kier alpha value is -2.44. The van der Waals surface area contributed by atoms with Crippen LogP contribution in [-0.2, 0) is 9.53 Å². The van der Waals surface area contributed by atoms with Gasteiger partial charge < -0.3 is 15.4 Å². The Morgan fingerprint density at radius 2 is 2.17 bits per heavy atom. The summed E-state index contributed by atoms with van der Waals surface area (Å²) in [5.74, 6) is -0.629. The van der Waals surface area contributed by atoms with E-state index in [0.29, 0.717) is 18.7 Å². The first-order valence-electron chi connectivity index (χ1n) is 9.96. The average Bonchev–Trinajstić information content (AvgIpc) is 3.08. The molecule has 2 heterocycles. The van der Waals surface area contributed by atoms with E-state index in [1.165, 1.54) is 4.90 Å². The summed E-state index contributed by atoms with van der Waals surface area (Å²) < 4.78 is 20.7. The highest BCUT2D eigenvalue weighted by atomic mass is 19.1. The van der Waals surface area contributed by atoms with Gasteiger partial charge in [-0.3, -0.25) is 14.6 Å². The molecule has 2 fully saturated rings. The molecule has 0 radical (unpaired) electrons. The summed E-state index contributed by atoms with van der Waals surface area (Å²) in [7, 11) is 0. The lowest BCUT2D eigenvalue weighted by atomic mass is 9.79. The molecule has 0 aromatic rings. The predicted molar refractivity (Wildman–Crippen MR) is 104 cm³/mol. The maximum absolute atomic E-state index is 15.3. The fourth-order valence-corrected chi connectivity index (χ4v) is 4.06. The van der Waals surface area contributed by atoms with E-state index >= 15 is 4.39 Å². The normalized spacial score (nSPS) is 28.3. The van der Waals surface area contributed by atoms with Gasteiger partial charge in [-0.1, -0.05) is 13.0 Å². The number of nitrogens with one attached hydrogen (secondary N) is 2. The van der Waals surface area contributed by atoms with Crippen LogP contribution in [0.5, 0.6) is 0 Å². The van der Waals surface area contributed by atoms with Crippen molar-refractivity contribution in [3.8, 4) is 6.07 Å². The van der Waals surface area contributed by atoms with E-state index < -0.39 is 29.2 Å². The summed E-state index contributed by atoms with van der Waals surface area (Å²) in [6.07, 6.45) is 2.28. The van der Waals surface area contributed by atoms with Gasteiger partial charge in [-0.05, 0) is 19.9 Å². The molecule has 8 nitrogen and oxygen atoms in total. The molecule has 0 bridgehead atoms. The van der Waals surface area contributed by atoms with Crippen LogP contribution in [-0.4, -0.2) is 66.4 Å². The van der Waals surface area contributed by atoms with Gasteiger partial charge in [0.1, 0.15) is 11.5 Å². The van der Waals surface area contributed by atoms with Crippen LogP contribution >= 0.6 is 0 Å². The zero-order valence-corrected chi connectivity index (χ0v) is 17.1. The van der Waals surface area contributed by atoms with E-state index in [-0.39, 0.29) is 25.3 Å². The molecule has 3 aliphatic rings. The molecule has 0 aromatic carbocycles. The summed E-state index contributed by atoms with van der Waals surface area (Å²) in [6.45, 7) is 7.88. The number of carbonyl (C=O) groups excluding carboxylic acids is 2. The molecule has 9 heteroatoms. The number of nitriles is 1. The van der Waals surface area contributed by atoms with Crippen LogP contribution in [0.1, 0.15) is 33.6 Å². The minimum Gasteiger partial charge on any atom is -0.423 e. The van der Waals surface area contributed by atoms with Crippen molar-refractivity contribution in [2.24, 2.45) is 5.41 Å². The minimum absolute atomic E-state index is 0.0620. The van der Waals surface area contributed by atoms with E-state index in [1.54, 1.807) is 32.9 Å². The third-order valence-electron chi connectivity index (χ3n) is 5.76. The van der Waals surface area contributed by atoms with Crippen LogP contribution < -0.4 is 10.6 Å². The summed E-state index contributed by atoms with van der Waals surface area (Å²) in [4.78, 5) is 28.0. The second-order valence-corrected chi connectivity index (χ2v) is 8.09. The first-order chi connectivity index (χ1) is 13.7. The number of amides is 2. The van der Waals surface area contributed by atoms with E-state index in [1.807, 2.05) is 0 Å². The van der Waals surface area contributed by atoms with Crippen molar-refractivity contribution in [3.05, 3.63) is 23.6 Å². The molecule has 3 rings (SSSR count). The second kappa shape index (κ2) is 8.13. The monoisotopic (exact) mass is 405 g/mol. The molecule has 2 amide bonds. The fourth-order valence-electron chi connectivity index (χ4n) is 4.06.